The number of benzene rings is 2. The number of nitrogens with one attached hydrogen (secondary N) is 2. The summed E-state index contributed by atoms with van der Waals surface area (Å²) in [6.45, 7) is 2.70. The van der Waals surface area contributed by atoms with Crippen LogP contribution in [0.1, 0.15) is 19.4 Å². The number of amides is 1. The Labute approximate surface area is 188 Å². The fourth-order valence-corrected chi connectivity index (χ4v) is 4.18. The second-order valence-electron chi connectivity index (χ2n) is 6.97. The molecule has 1 aliphatic rings. The van der Waals surface area contributed by atoms with Gasteiger partial charge in [-0.1, -0.05) is 12.1 Å². The zero-order valence-corrected chi connectivity index (χ0v) is 18.6. The summed E-state index contributed by atoms with van der Waals surface area (Å²) in [5.41, 5.74) is 0.0880. The van der Waals surface area contributed by atoms with Crippen LogP contribution >= 0.6 is 0 Å². The van der Waals surface area contributed by atoms with Crippen molar-refractivity contribution in [3.05, 3.63) is 58.1 Å². The zero-order chi connectivity index (χ0) is 24.3. The first-order valence-electron chi connectivity index (χ1n) is 9.57. The molecular weight excluding hydrogens is 456 g/mol. The van der Waals surface area contributed by atoms with E-state index in [2.05, 4.69) is 15.0 Å². The van der Waals surface area contributed by atoms with E-state index in [1.54, 1.807) is 18.2 Å². The highest BCUT2D eigenvalue weighted by Crippen LogP contribution is 2.29. The summed E-state index contributed by atoms with van der Waals surface area (Å²) in [6.07, 6.45) is -1.28. The smallest absolute Gasteiger partial charge is 0.331 e. The molecular formula is C20H20N4O8S. The molecule has 2 aromatic rings. The summed E-state index contributed by atoms with van der Waals surface area (Å²) in [4.78, 5) is 39.4. The van der Waals surface area contributed by atoms with E-state index in [1.165, 1.54) is 39.2 Å². The van der Waals surface area contributed by atoms with Crippen LogP contribution in [0, 0.1) is 10.1 Å². The summed E-state index contributed by atoms with van der Waals surface area (Å²) in [5, 5.41) is 13.4. The zero-order valence-electron chi connectivity index (χ0n) is 17.8. The molecule has 2 aromatic carbocycles. The van der Waals surface area contributed by atoms with Gasteiger partial charge in [0.15, 0.2) is 6.10 Å². The number of anilines is 1. The van der Waals surface area contributed by atoms with Gasteiger partial charge in [-0.3, -0.25) is 24.6 Å². The van der Waals surface area contributed by atoms with E-state index in [9.17, 15) is 28.1 Å². The molecule has 174 valence electrons. The van der Waals surface area contributed by atoms with Crippen molar-refractivity contribution in [2.75, 3.05) is 12.4 Å². The number of ether oxygens (including phenoxy) is 2. The molecule has 0 bridgehead atoms. The maximum Gasteiger partial charge on any atom is 0.331 e. The molecule has 1 heterocycles. The molecule has 13 heteroatoms. The predicted octanol–water partition coefficient (Wildman–Crippen LogP) is 1.60. The molecule has 2 atom stereocenters. The number of carbonyl (C=O) groups excluding carboxylic acids is 2. The van der Waals surface area contributed by atoms with Crippen molar-refractivity contribution in [3.8, 4) is 5.75 Å². The average Bonchev–Trinajstić information content (AvgIpc) is 3.03. The number of methoxy groups -OCH3 is 1. The number of esters is 1. The number of aliphatic imine (C=N–C) groups is 1. The molecule has 0 aliphatic carbocycles. The molecule has 0 saturated heterocycles. The number of nitrogens with zero attached hydrogens (tertiary/aromatic N) is 2. The van der Waals surface area contributed by atoms with Crippen molar-refractivity contribution in [2.45, 2.75) is 30.9 Å². The predicted molar refractivity (Wildman–Crippen MR) is 117 cm³/mol. The Bertz CT molecular complexity index is 1260. The monoisotopic (exact) mass is 476 g/mol. The molecule has 1 aliphatic heterocycles. The number of amidine groups is 1. The van der Waals surface area contributed by atoms with Crippen LogP contribution < -0.4 is 14.8 Å². The maximum absolute atomic E-state index is 12.5. The number of nitro benzene ring substituents is 1. The SMILES string of the molecule is COc1ccc([N+](=O)[O-])cc1NC(=O)C(C)OC(=O)C(C)N=C1NS(=O)(=O)c2ccccc21. The van der Waals surface area contributed by atoms with E-state index in [-0.39, 0.29) is 27.9 Å². The second-order valence-corrected chi connectivity index (χ2v) is 8.62. The molecule has 0 spiro atoms. The first kappa shape index (κ1) is 23.7. The van der Waals surface area contributed by atoms with Crippen molar-refractivity contribution in [2.24, 2.45) is 4.99 Å². The Morgan fingerprint density at radius 2 is 1.88 bits per heavy atom. The average molecular weight is 476 g/mol. The third kappa shape index (κ3) is 5.09. The normalized spacial score (nSPS) is 16.8. The third-order valence-corrected chi connectivity index (χ3v) is 6.04. The molecule has 0 radical (unpaired) electrons. The van der Waals surface area contributed by atoms with Crippen molar-refractivity contribution >= 4 is 39.1 Å². The number of nitro groups is 1. The van der Waals surface area contributed by atoms with Gasteiger partial charge in [0, 0.05) is 17.7 Å². The summed E-state index contributed by atoms with van der Waals surface area (Å²) < 4.78 is 36.8. The van der Waals surface area contributed by atoms with Crippen LogP contribution in [0.25, 0.3) is 0 Å². The Balaban J connectivity index is 1.70. The van der Waals surface area contributed by atoms with Crippen LogP contribution in [0.15, 0.2) is 52.4 Å². The molecule has 33 heavy (non-hydrogen) atoms. The number of sulfonamides is 1. The molecule has 12 nitrogen and oxygen atoms in total. The molecule has 0 fully saturated rings. The van der Waals surface area contributed by atoms with Crippen LogP contribution in [-0.4, -0.2) is 50.3 Å². The highest BCUT2D eigenvalue weighted by Gasteiger charge is 2.32. The number of fused-ring (bicyclic) bond motifs is 1. The van der Waals surface area contributed by atoms with Crippen molar-refractivity contribution in [1.29, 1.82) is 0 Å². The van der Waals surface area contributed by atoms with Crippen LogP contribution in [-0.2, 0) is 24.3 Å². The summed E-state index contributed by atoms with van der Waals surface area (Å²) in [5.74, 6) is -1.46. The largest absolute Gasteiger partial charge is 0.495 e. The van der Waals surface area contributed by atoms with Gasteiger partial charge in [-0.2, -0.15) is 0 Å². The van der Waals surface area contributed by atoms with Gasteiger partial charge in [0.25, 0.3) is 21.6 Å². The van der Waals surface area contributed by atoms with Gasteiger partial charge in [0.2, 0.25) is 0 Å². The molecule has 0 saturated carbocycles. The van der Waals surface area contributed by atoms with Gasteiger partial charge in [0.05, 0.1) is 22.6 Å². The van der Waals surface area contributed by atoms with Crippen LogP contribution in [0.5, 0.6) is 5.75 Å². The van der Waals surface area contributed by atoms with E-state index in [0.29, 0.717) is 5.56 Å². The number of non-ortho nitro benzene ring substituents is 1. The molecule has 3 rings (SSSR count). The van der Waals surface area contributed by atoms with E-state index in [4.69, 9.17) is 9.47 Å². The van der Waals surface area contributed by atoms with E-state index >= 15 is 0 Å². The quantitative estimate of drug-likeness (QED) is 0.345. The third-order valence-electron chi connectivity index (χ3n) is 4.64. The lowest BCUT2D eigenvalue weighted by atomic mass is 10.2. The molecule has 2 N–H and O–H groups in total. The van der Waals surface area contributed by atoms with E-state index in [1.807, 2.05) is 0 Å². The highest BCUT2D eigenvalue weighted by molar-refractivity contribution is 7.90. The minimum Gasteiger partial charge on any atom is -0.495 e. The lowest BCUT2D eigenvalue weighted by molar-refractivity contribution is -0.384. The van der Waals surface area contributed by atoms with Crippen molar-refractivity contribution in [1.82, 2.24) is 4.72 Å². The topological polar surface area (TPSA) is 166 Å². The number of hydrogen-bond acceptors (Lipinski definition) is 9. The lowest BCUT2D eigenvalue weighted by Crippen LogP contribution is -2.34. The minimum atomic E-state index is -3.77. The van der Waals surface area contributed by atoms with Crippen LogP contribution in [0.4, 0.5) is 11.4 Å². The summed E-state index contributed by atoms with van der Waals surface area (Å²) >= 11 is 0. The first-order valence-corrected chi connectivity index (χ1v) is 11.1. The van der Waals surface area contributed by atoms with Gasteiger partial charge in [-0.05, 0) is 32.0 Å². The van der Waals surface area contributed by atoms with E-state index < -0.39 is 39.0 Å². The van der Waals surface area contributed by atoms with Crippen LogP contribution in [0.2, 0.25) is 0 Å². The minimum absolute atomic E-state index is 0.00603. The second kappa shape index (κ2) is 9.24. The Kier molecular flexibility index (Phi) is 6.62. The fourth-order valence-electron chi connectivity index (χ4n) is 2.94. The standard InChI is InChI=1S/C20H20N4O8S/c1-11(21-18-14-6-4-5-7-17(14)33(29,30)23-18)20(26)32-12(2)19(25)22-15-10-13(24(27)28)8-9-16(15)31-3/h4-12H,1-3H3,(H,21,23)(H,22,25). The molecule has 1 amide bonds. The maximum atomic E-state index is 12.5. The number of rotatable bonds is 7. The number of hydrogen-bond donors (Lipinski definition) is 2. The van der Waals surface area contributed by atoms with E-state index in [0.717, 1.165) is 6.07 Å². The Hall–Kier alpha value is -4.00. The first-order chi connectivity index (χ1) is 15.5. The van der Waals surface area contributed by atoms with Gasteiger partial charge in [0.1, 0.15) is 17.6 Å². The van der Waals surface area contributed by atoms with Gasteiger partial charge < -0.3 is 14.8 Å². The molecule has 0 aromatic heterocycles. The Morgan fingerprint density at radius 1 is 1.18 bits per heavy atom. The lowest BCUT2D eigenvalue weighted by Gasteiger charge is -2.16. The highest BCUT2D eigenvalue weighted by atomic mass is 32.2. The Morgan fingerprint density at radius 3 is 2.55 bits per heavy atom. The van der Waals surface area contributed by atoms with Gasteiger partial charge in [-0.15, -0.1) is 0 Å². The van der Waals surface area contributed by atoms with Gasteiger partial charge >= 0.3 is 5.97 Å². The van der Waals surface area contributed by atoms with Crippen molar-refractivity contribution in [3.63, 3.8) is 0 Å². The summed E-state index contributed by atoms with van der Waals surface area (Å²) in [7, 11) is -2.44. The van der Waals surface area contributed by atoms with Crippen LogP contribution in [0.3, 0.4) is 0 Å². The molecule has 2 unspecified atom stereocenters. The summed E-state index contributed by atoms with van der Waals surface area (Å²) in [6, 6.07) is 8.69. The van der Waals surface area contributed by atoms with Gasteiger partial charge in [-0.25, -0.2) is 13.2 Å². The fraction of sp³-hybridized carbons (Fsp3) is 0.250. The van der Waals surface area contributed by atoms with Crippen molar-refractivity contribution < 1.29 is 32.4 Å². The number of carbonyl (C=O) groups is 2.